The van der Waals surface area contributed by atoms with Crippen molar-refractivity contribution >= 4 is 22.6 Å². The van der Waals surface area contributed by atoms with Crippen LogP contribution in [0.15, 0.2) is 27.6 Å². The lowest BCUT2D eigenvalue weighted by atomic mass is 10.00. The SMILES string of the molecule is CCCCCC1=C(c2ccsc2)/C(=N/O)CC1. The van der Waals surface area contributed by atoms with Crippen LogP contribution >= 0.6 is 11.3 Å². The molecule has 1 aliphatic rings. The fraction of sp³-hybridized carbons (Fsp3) is 0.500. The number of thiophene rings is 1. The van der Waals surface area contributed by atoms with Crippen LogP contribution in [0.4, 0.5) is 0 Å². The molecule has 0 atom stereocenters. The van der Waals surface area contributed by atoms with Gasteiger partial charge < -0.3 is 5.21 Å². The number of nitrogens with zero attached hydrogens (tertiary/aromatic N) is 1. The highest BCUT2D eigenvalue weighted by molar-refractivity contribution is 7.08. The molecule has 1 aliphatic carbocycles. The molecule has 3 heteroatoms. The van der Waals surface area contributed by atoms with Gasteiger partial charge in [0.25, 0.3) is 0 Å². The monoisotopic (exact) mass is 249 g/mol. The maximum Gasteiger partial charge on any atom is 0.0876 e. The quantitative estimate of drug-likeness (QED) is 0.457. The van der Waals surface area contributed by atoms with E-state index in [1.807, 2.05) is 0 Å². The Labute approximate surface area is 107 Å². The van der Waals surface area contributed by atoms with E-state index in [1.165, 1.54) is 36.0 Å². The van der Waals surface area contributed by atoms with Crippen LogP contribution in [0.5, 0.6) is 0 Å². The van der Waals surface area contributed by atoms with Gasteiger partial charge in [0.15, 0.2) is 0 Å². The van der Waals surface area contributed by atoms with Gasteiger partial charge in [-0.25, -0.2) is 0 Å². The first-order chi connectivity index (χ1) is 8.36. The molecule has 0 radical (unpaired) electrons. The van der Waals surface area contributed by atoms with Crippen molar-refractivity contribution in [2.75, 3.05) is 0 Å². The molecule has 0 fully saturated rings. The zero-order chi connectivity index (χ0) is 12.1. The molecule has 1 heterocycles. The molecule has 0 aliphatic heterocycles. The van der Waals surface area contributed by atoms with Crippen molar-refractivity contribution in [2.24, 2.45) is 5.16 Å². The van der Waals surface area contributed by atoms with Crippen molar-refractivity contribution < 1.29 is 5.21 Å². The molecule has 1 aromatic heterocycles. The summed E-state index contributed by atoms with van der Waals surface area (Å²) in [6.07, 6.45) is 6.89. The number of unbranched alkanes of at least 4 members (excludes halogenated alkanes) is 2. The molecule has 1 N–H and O–H groups in total. The summed E-state index contributed by atoms with van der Waals surface area (Å²) in [4.78, 5) is 0. The van der Waals surface area contributed by atoms with Crippen LogP contribution in [0, 0.1) is 0 Å². The molecule has 0 aromatic carbocycles. The Balaban J connectivity index is 2.21. The minimum Gasteiger partial charge on any atom is -0.411 e. The molecule has 17 heavy (non-hydrogen) atoms. The predicted molar refractivity (Wildman–Crippen MR) is 73.8 cm³/mol. The van der Waals surface area contributed by atoms with E-state index in [4.69, 9.17) is 5.21 Å². The number of allylic oxidation sites excluding steroid dienone is 2. The first kappa shape index (κ1) is 12.4. The lowest BCUT2D eigenvalue weighted by Crippen LogP contribution is -1.95. The third-order valence-electron chi connectivity index (χ3n) is 3.32. The summed E-state index contributed by atoms with van der Waals surface area (Å²) in [6, 6.07) is 2.12. The molecule has 0 unspecified atom stereocenters. The third kappa shape index (κ3) is 2.78. The Bertz CT molecular complexity index is 417. The molecule has 1 aromatic rings. The molecule has 0 amide bonds. The van der Waals surface area contributed by atoms with Crippen molar-refractivity contribution in [1.82, 2.24) is 0 Å². The fourth-order valence-corrected chi connectivity index (χ4v) is 3.09. The van der Waals surface area contributed by atoms with Gasteiger partial charge in [-0.15, -0.1) is 0 Å². The summed E-state index contributed by atoms with van der Waals surface area (Å²) < 4.78 is 0. The van der Waals surface area contributed by atoms with E-state index in [0.29, 0.717) is 0 Å². The van der Waals surface area contributed by atoms with Crippen molar-refractivity contribution in [3.05, 3.63) is 28.0 Å². The van der Waals surface area contributed by atoms with Gasteiger partial charge in [-0.05, 0) is 48.1 Å². The van der Waals surface area contributed by atoms with Crippen LogP contribution in [0.3, 0.4) is 0 Å². The Morgan fingerprint density at radius 1 is 1.35 bits per heavy atom. The molecule has 92 valence electrons. The Morgan fingerprint density at radius 3 is 2.88 bits per heavy atom. The van der Waals surface area contributed by atoms with Gasteiger partial charge in [-0.1, -0.05) is 30.5 Å². The summed E-state index contributed by atoms with van der Waals surface area (Å²) >= 11 is 1.70. The van der Waals surface area contributed by atoms with E-state index < -0.39 is 0 Å². The van der Waals surface area contributed by atoms with Crippen LogP contribution in [-0.2, 0) is 0 Å². The number of hydrogen-bond donors (Lipinski definition) is 1. The second-order valence-electron chi connectivity index (χ2n) is 4.49. The highest BCUT2D eigenvalue weighted by atomic mass is 32.1. The number of oxime groups is 1. The largest absolute Gasteiger partial charge is 0.411 e. The summed E-state index contributed by atoms with van der Waals surface area (Å²) in [5, 5.41) is 16.8. The smallest absolute Gasteiger partial charge is 0.0876 e. The maximum absolute atomic E-state index is 9.08. The Hall–Kier alpha value is -1.09. The minimum atomic E-state index is 0.870. The lowest BCUT2D eigenvalue weighted by Gasteiger charge is -2.05. The highest BCUT2D eigenvalue weighted by Crippen LogP contribution is 2.35. The zero-order valence-electron chi connectivity index (χ0n) is 10.3. The van der Waals surface area contributed by atoms with Gasteiger partial charge in [0.05, 0.1) is 5.71 Å². The van der Waals surface area contributed by atoms with E-state index in [2.05, 4.69) is 28.9 Å². The van der Waals surface area contributed by atoms with Crippen molar-refractivity contribution in [2.45, 2.75) is 45.4 Å². The molecule has 2 rings (SSSR count). The van der Waals surface area contributed by atoms with Crippen LogP contribution in [0.1, 0.15) is 51.0 Å². The maximum atomic E-state index is 9.08. The van der Waals surface area contributed by atoms with E-state index in [-0.39, 0.29) is 0 Å². The lowest BCUT2D eigenvalue weighted by molar-refractivity contribution is 0.319. The zero-order valence-corrected chi connectivity index (χ0v) is 11.1. The molecule has 2 nitrogen and oxygen atoms in total. The Morgan fingerprint density at radius 2 is 2.24 bits per heavy atom. The van der Waals surface area contributed by atoms with Crippen molar-refractivity contribution in [1.29, 1.82) is 0 Å². The van der Waals surface area contributed by atoms with E-state index in [9.17, 15) is 0 Å². The fourth-order valence-electron chi connectivity index (χ4n) is 2.44. The van der Waals surface area contributed by atoms with Crippen LogP contribution in [-0.4, -0.2) is 10.9 Å². The van der Waals surface area contributed by atoms with E-state index in [1.54, 1.807) is 11.3 Å². The average Bonchev–Trinajstić information content (AvgIpc) is 2.96. The van der Waals surface area contributed by atoms with Gasteiger partial charge >= 0.3 is 0 Å². The summed E-state index contributed by atoms with van der Waals surface area (Å²) in [5.41, 5.74) is 4.79. The highest BCUT2D eigenvalue weighted by Gasteiger charge is 2.22. The van der Waals surface area contributed by atoms with Gasteiger partial charge in [0.1, 0.15) is 0 Å². The topological polar surface area (TPSA) is 32.6 Å². The molecule has 0 bridgehead atoms. The van der Waals surface area contributed by atoms with E-state index in [0.717, 1.165) is 25.0 Å². The van der Waals surface area contributed by atoms with Crippen molar-refractivity contribution in [3.8, 4) is 0 Å². The average molecular weight is 249 g/mol. The van der Waals surface area contributed by atoms with Gasteiger partial charge in [0.2, 0.25) is 0 Å². The summed E-state index contributed by atoms with van der Waals surface area (Å²) in [5.74, 6) is 0. The van der Waals surface area contributed by atoms with Crippen LogP contribution in [0.2, 0.25) is 0 Å². The second-order valence-corrected chi connectivity index (χ2v) is 5.27. The number of hydrogen-bond acceptors (Lipinski definition) is 3. The second kappa shape index (κ2) is 6.01. The normalized spacial score (nSPS) is 18.3. The van der Waals surface area contributed by atoms with Gasteiger partial charge in [-0.2, -0.15) is 11.3 Å². The van der Waals surface area contributed by atoms with E-state index >= 15 is 0 Å². The van der Waals surface area contributed by atoms with Crippen LogP contribution < -0.4 is 0 Å². The molecular formula is C14H19NOS. The van der Waals surface area contributed by atoms with Crippen molar-refractivity contribution in [3.63, 3.8) is 0 Å². The first-order valence-corrected chi connectivity index (χ1v) is 7.27. The predicted octanol–water partition coefficient (Wildman–Crippen LogP) is 4.71. The van der Waals surface area contributed by atoms with Crippen LogP contribution in [0.25, 0.3) is 5.57 Å². The standard InChI is InChI=1S/C14H19NOS/c1-2-3-4-5-11-6-7-13(15-16)14(11)12-8-9-17-10-12/h8-10,16H,2-7H2,1H3/b15-13+. The summed E-state index contributed by atoms with van der Waals surface area (Å²) in [6.45, 7) is 2.23. The minimum absolute atomic E-state index is 0.870. The van der Waals surface area contributed by atoms with Gasteiger partial charge in [0, 0.05) is 5.57 Å². The molecule has 0 spiro atoms. The van der Waals surface area contributed by atoms with Gasteiger partial charge in [-0.3, -0.25) is 0 Å². The summed E-state index contributed by atoms with van der Waals surface area (Å²) in [7, 11) is 0. The Kier molecular flexibility index (Phi) is 4.37. The molecule has 0 saturated carbocycles. The number of rotatable bonds is 5. The first-order valence-electron chi connectivity index (χ1n) is 6.32. The molecule has 0 saturated heterocycles. The molecular weight excluding hydrogens is 230 g/mol. The third-order valence-corrected chi connectivity index (χ3v) is 4.00.